The molecule has 2 nitrogen and oxygen atoms in total. The number of phenolic OH excluding ortho intramolecular Hbond substituents is 2. The van der Waals surface area contributed by atoms with Gasteiger partial charge in [0.2, 0.25) is 0 Å². The van der Waals surface area contributed by atoms with Gasteiger partial charge in [-0.3, -0.25) is 0 Å². The summed E-state index contributed by atoms with van der Waals surface area (Å²) in [6, 6.07) is 3.61. The van der Waals surface area contributed by atoms with E-state index in [0.717, 1.165) is 12.8 Å². The fourth-order valence-electron chi connectivity index (χ4n) is 4.32. The largest absolute Gasteiger partial charge is 0.504 e. The van der Waals surface area contributed by atoms with Crippen LogP contribution in [-0.4, -0.2) is 10.2 Å². The molecule has 2 N–H and O–H groups in total. The first-order chi connectivity index (χ1) is 12.9. The number of rotatable bonds is 13. The summed E-state index contributed by atoms with van der Waals surface area (Å²) in [7, 11) is 0. The van der Waals surface area contributed by atoms with Crippen LogP contribution in [0.5, 0.6) is 11.5 Å². The van der Waals surface area contributed by atoms with Gasteiger partial charge in [0.1, 0.15) is 0 Å². The highest BCUT2D eigenvalue weighted by Gasteiger charge is 2.36. The highest BCUT2D eigenvalue weighted by molar-refractivity contribution is 5.45. The van der Waals surface area contributed by atoms with E-state index in [1.54, 1.807) is 12.1 Å². The quantitative estimate of drug-likeness (QED) is 0.282. The summed E-state index contributed by atoms with van der Waals surface area (Å²) < 4.78 is 0. The van der Waals surface area contributed by atoms with E-state index in [1.165, 1.54) is 94.6 Å². The molecular weight excluding hydrogens is 332 g/mol. The van der Waals surface area contributed by atoms with Crippen LogP contribution in [0, 0.1) is 10.8 Å². The van der Waals surface area contributed by atoms with Gasteiger partial charge >= 0.3 is 0 Å². The molecule has 0 amide bonds. The van der Waals surface area contributed by atoms with E-state index in [1.807, 2.05) is 0 Å². The van der Waals surface area contributed by atoms with Crippen molar-refractivity contribution in [1.29, 1.82) is 0 Å². The number of phenols is 2. The number of aromatic hydroxyl groups is 2. The van der Waals surface area contributed by atoms with Crippen LogP contribution < -0.4 is 0 Å². The lowest BCUT2D eigenvalue weighted by Gasteiger charge is -2.13. The molecule has 2 aliphatic carbocycles. The van der Waals surface area contributed by atoms with Crippen molar-refractivity contribution < 1.29 is 10.2 Å². The Labute approximate surface area is 166 Å². The van der Waals surface area contributed by atoms with E-state index in [-0.39, 0.29) is 11.5 Å². The molecule has 0 aliphatic heterocycles. The van der Waals surface area contributed by atoms with Gasteiger partial charge in [-0.15, -0.1) is 0 Å². The molecule has 0 aromatic heterocycles. The zero-order valence-corrected chi connectivity index (χ0v) is 17.7. The van der Waals surface area contributed by atoms with Gasteiger partial charge in [0.25, 0.3) is 0 Å². The summed E-state index contributed by atoms with van der Waals surface area (Å²) in [6.07, 6.45) is 19.5. The van der Waals surface area contributed by atoms with E-state index in [2.05, 4.69) is 13.8 Å². The summed E-state index contributed by atoms with van der Waals surface area (Å²) in [4.78, 5) is 0. The highest BCUT2D eigenvalue weighted by Crippen LogP contribution is 2.49. The maximum absolute atomic E-state index is 9.92. The smallest absolute Gasteiger partial charge is 0.157 e. The Morgan fingerprint density at radius 2 is 1.00 bits per heavy atom. The molecule has 0 heterocycles. The zero-order chi connectivity index (χ0) is 19.3. The minimum absolute atomic E-state index is 0.0388. The highest BCUT2D eigenvalue weighted by atomic mass is 16.3. The Bertz CT molecular complexity index is 611. The van der Waals surface area contributed by atoms with Crippen molar-refractivity contribution in [2.24, 2.45) is 10.8 Å². The Morgan fingerprint density at radius 1 is 0.630 bits per heavy atom. The first-order valence-electron chi connectivity index (χ1n) is 11.4. The number of unbranched alkanes of at least 4 members (excludes halogenated alkanes) is 5. The van der Waals surface area contributed by atoms with Gasteiger partial charge in [-0.25, -0.2) is 0 Å². The fourth-order valence-corrected chi connectivity index (χ4v) is 4.32. The van der Waals surface area contributed by atoms with Crippen LogP contribution in [0.1, 0.15) is 108 Å². The topological polar surface area (TPSA) is 40.5 Å². The fraction of sp³-hybridized carbons (Fsp3) is 0.760. The molecule has 0 unspecified atom stereocenters. The molecule has 0 radical (unpaired) electrons. The molecule has 2 fully saturated rings. The molecule has 2 aliphatic rings. The molecule has 0 saturated heterocycles. The molecule has 3 rings (SSSR count). The van der Waals surface area contributed by atoms with Crippen molar-refractivity contribution in [3.8, 4) is 11.5 Å². The number of aryl methyl sites for hydroxylation is 2. The Balaban J connectivity index is 1.38. The average Bonchev–Trinajstić information content (AvgIpc) is 3.54. The maximum atomic E-state index is 9.92. The molecular formula is C25H40O2. The third-order valence-corrected chi connectivity index (χ3v) is 7.21. The molecule has 0 bridgehead atoms. The van der Waals surface area contributed by atoms with Crippen LogP contribution in [0.3, 0.4) is 0 Å². The van der Waals surface area contributed by atoms with Gasteiger partial charge in [0.05, 0.1) is 0 Å². The van der Waals surface area contributed by atoms with Crippen LogP contribution in [0.15, 0.2) is 12.1 Å². The Kier molecular flexibility index (Phi) is 6.76. The molecule has 2 heteroatoms. The standard InChI is InChI=1S/C25H40O2/c1-24(14-15-24)12-8-4-3-6-10-20-18-22(26)23(27)19-21(20)11-7-5-9-13-25(2)16-17-25/h18-19,26-27H,3-17H2,1-2H3. The van der Waals surface area contributed by atoms with E-state index in [0.29, 0.717) is 10.8 Å². The van der Waals surface area contributed by atoms with E-state index < -0.39 is 0 Å². The van der Waals surface area contributed by atoms with Crippen LogP contribution in [-0.2, 0) is 12.8 Å². The summed E-state index contributed by atoms with van der Waals surface area (Å²) >= 11 is 0. The van der Waals surface area contributed by atoms with E-state index in [9.17, 15) is 10.2 Å². The predicted octanol–water partition coefficient (Wildman–Crippen LogP) is 7.29. The lowest BCUT2D eigenvalue weighted by Crippen LogP contribution is -1.97. The lowest BCUT2D eigenvalue weighted by molar-refractivity contribution is 0.402. The number of hydrogen-bond donors (Lipinski definition) is 2. The van der Waals surface area contributed by atoms with Crippen molar-refractivity contribution in [3.05, 3.63) is 23.3 Å². The second kappa shape index (κ2) is 8.88. The van der Waals surface area contributed by atoms with Crippen LogP contribution in [0.4, 0.5) is 0 Å². The first-order valence-corrected chi connectivity index (χ1v) is 11.4. The summed E-state index contributed by atoms with van der Waals surface area (Å²) in [6.45, 7) is 4.83. The normalized spacial score (nSPS) is 19.2. The maximum Gasteiger partial charge on any atom is 0.157 e. The van der Waals surface area contributed by atoms with Crippen LogP contribution in [0.25, 0.3) is 0 Å². The Morgan fingerprint density at radius 3 is 1.41 bits per heavy atom. The predicted molar refractivity (Wildman–Crippen MR) is 113 cm³/mol. The summed E-state index contributed by atoms with van der Waals surface area (Å²) in [5.41, 5.74) is 3.84. The van der Waals surface area contributed by atoms with E-state index in [4.69, 9.17) is 0 Å². The third-order valence-electron chi connectivity index (χ3n) is 7.21. The second-order valence-electron chi connectivity index (χ2n) is 10.2. The minimum Gasteiger partial charge on any atom is -0.504 e. The second-order valence-corrected chi connectivity index (χ2v) is 10.2. The van der Waals surface area contributed by atoms with Gasteiger partial charge in [-0.1, -0.05) is 46.0 Å². The molecule has 1 aromatic rings. The van der Waals surface area contributed by atoms with Crippen LogP contribution in [0.2, 0.25) is 0 Å². The van der Waals surface area contributed by atoms with Crippen molar-refractivity contribution in [2.75, 3.05) is 0 Å². The van der Waals surface area contributed by atoms with Crippen molar-refractivity contribution >= 4 is 0 Å². The molecule has 0 spiro atoms. The SMILES string of the molecule is CC1(CCCCCCc2cc(O)c(O)cc2CCCCCC2(C)CC2)CC1. The van der Waals surface area contributed by atoms with Crippen molar-refractivity contribution in [2.45, 2.75) is 110 Å². The molecule has 152 valence electrons. The zero-order valence-electron chi connectivity index (χ0n) is 17.7. The van der Waals surface area contributed by atoms with Crippen molar-refractivity contribution in [3.63, 3.8) is 0 Å². The molecule has 2 saturated carbocycles. The summed E-state index contributed by atoms with van der Waals surface area (Å²) in [5, 5.41) is 19.8. The van der Waals surface area contributed by atoms with Gasteiger partial charge in [0.15, 0.2) is 11.5 Å². The molecule has 27 heavy (non-hydrogen) atoms. The Hall–Kier alpha value is -1.18. The minimum atomic E-state index is 0.0388. The van der Waals surface area contributed by atoms with Gasteiger partial charge < -0.3 is 10.2 Å². The molecule has 0 atom stereocenters. The monoisotopic (exact) mass is 372 g/mol. The van der Waals surface area contributed by atoms with Crippen LogP contribution >= 0.6 is 0 Å². The number of hydrogen-bond acceptors (Lipinski definition) is 2. The van der Waals surface area contributed by atoms with Crippen molar-refractivity contribution in [1.82, 2.24) is 0 Å². The average molecular weight is 373 g/mol. The van der Waals surface area contributed by atoms with E-state index >= 15 is 0 Å². The van der Waals surface area contributed by atoms with Gasteiger partial charge in [0, 0.05) is 0 Å². The number of benzene rings is 1. The van der Waals surface area contributed by atoms with Gasteiger partial charge in [-0.2, -0.15) is 0 Å². The summed E-state index contributed by atoms with van der Waals surface area (Å²) in [5.74, 6) is 0.0778. The molecule has 1 aromatic carbocycles. The first kappa shape index (κ1) is 20.6. The lowest BCUT2D eigenvalue weighted by atomic mass is 9.94. The van der Waals surface area contributed by atoms with Gasteiger partial charge in [-0.05, 0) is 98.3 Å². The third kappa shape index (κ3) is 6.73.